The van der Waals surface area contributed by atoms with Crippen LogP contribution in [0.25, 0.3) is 16.8 Å². The van der Waals surface area contributed by atoms with E-state index in [0.717, 1.165) is 40.4 Å². The van der Waals surface area contributed by atoms with Crippen LogP contribution < -0.4 is 4.74 Å². The fourth-order valence-electron chi connectivity index (χ4n) is 6.38. The topological polar surface area (TPSA) is 110 Å². The molecule has 0 N–H and O–H groups in total. The minimum absolute atomic E-state index is 0.00956. The second-order valence-corrected chi connectivity index (χ2v) is 13.6. The number of ether oxygens (including phenoxy) is 3. The van der Waals surface area contributed by atoms with E-state index in [1.807, 2.05) is 28.9 Å². The molecule has 10 nitrogen and oxygen atoms in total. The van der Waals surface area contributed by atoms with E-state index in [0.29, 0.717) is 11.5 Å². The maximum atomic E-state index is 12.8. The van der Waals surface area contributed by atoms with Gasteiger partial charge in [-0.15, -0.1) is 5.10 Å². The van der Waals surface area contributed by atoms with E-state index in [2.05, 4.69) is 46.6 Å². The summed E-state index contributed by atoms with van der Waals surface area (Å²) in [5.74, 6) is 0.754. The maximum Gasteiger partial charge on any atom is 0.341 e. The van der Waals surface area contributed by atoms with Gasteiger partial charge in [-0.05, 0) is 88.3 Å². The highest BCUT2D eigenvalue weighted by atomic mass is 16.5. The van der Waals surface area contributed by atoms with Crippen molar-refractivity contribution in [2.75, 3.05) is 7.11 Å². The number of benzene rings is 2. The minimum atomic E-state index is -0.603. The molecular formula is C36H43N5O5. The van der Waals surface area contributed by atoms with Gasteiger partial charge in [0.25, 0.3) is 0 Å². The molecule has 0 amide bonds. The molecule has 2 fully saturated rings. The number of hydrogen-bond acceptors (Lipinski definition) is 8. The Hall–Kier alpha value is -4.47. The predicted octanol–water partition coefficient (Wildman–Crippen LogP) is 7.08. The van der Waals surface area contributed by atoms with E-state index < -0.39 is 11.4 Å². The van der Waals surface area contributed by atoms with Gasteiger partial charge in [0.05, 0.1) is 48.1 Å². The molecule has 10 heteroatoms. The highest BCUT2D eigenvalue weighted by Gasteiger charge is 2.46. The predicted molar refractivity (Wildman–Crippen MR) is 173 cm³/mol. The monoisotopic (exact) mass is 625 g/mol. The van der Waals surface area contributed by atoms with Crippen LogP contribution in [0.3, 0.4) is 0 Å². The van der Waals surface area contributed by atoms with Gasteiger partial charge in [-0.2, -0.15) is 5.10 Å². The molecule has 2 aromatic carbocycles. The van der Waals surface area contributed by atoms with Gasteiger partial charge in [0.1, 0.15) is 11.3 Å². The van der Waals surface area contributed by atoms with Gasteiger partial charge in [0, 0.05) is 11.8 Å². The molecule has 0 saturated heterocycles. The lowest BCUT2D eigenvalue weighted by molar-refractivity contribution is -0.157. The average molecular weight is 626 g/mol. The summed E-state index contributed by atoms with van der Waals surface area (Å²) in [6.07, 6.45) is 10.7. The summed E-state index contributed by atoms with van der Waals surface area (Å²) in [5.41, 5.74) is 4.29. The number of carbonyl (C=O) groups is 2. The molecule has 0 spiro atoms. The zero-order valence-electron chi connectivity index (χ0n) is 27.3. The third kappa shape index (κ3) is 6.85. The van der Waals surface area contributed by atoms with Crippen LogP contribution in [0.5, 0.6) is 5.75 Å². The van der Waals surface area contributed by atoms with E-state index in [1.54, 1.807) is 33.2 Å². The van der Waals surface area contributed by atoms with Crippen molar-refractivity contribution < 1.29 is 23.8 Å². The second kappa shape index (κ2) is 13.1. The zero-order valence-corrected chi connectivity index (χ0v) is 27.3. The van der Waals surface area contributed by atoms with Crippen molar-refractivity contribution in [3.63, 3.8) is 0 Å². The summed E-state index contributed by atoms with van der Waals surface area (Å²) < 4.78 is 20.3. The Morgan fingerprint density at radius 2 is 1.74 bits per heavy atom. The summed E-state index contributed by atoms with van der Waals surface area (Å²) in [6, 6.07) is 16.4. The third-order valence-electron chi connectivity index (χ3n) is 9.12. The van der Waals surface area contributed by atoms with Gasteiger partial charge < -0.3 is 14.2 Å². The Morgan fingerprint density at radius 3 is 2.48 bits per heavy atom. The van der Waals surface area contributed by atoms with Crippen molar-refractivity contribution in [3.8, 4) is 22.6 Å². The number of hydrogen-bond donors (Lipinski definition) is 0. The van der Waals surface area contributed by atoms with Crippen LogP contribution in [0.15, 0.2) is 60.9 Å². The van der Waals surface area contributed by atoms with Crippen LogP contribution in [0.1, 0.15) is 99.8 Å². The standard InChI is InChI=1S/C36H43N5O5/c1-23(24-11-7-6-8-12-24)46-28-16-10-14-26(18-28)25-13-9-15-27(17-25)41-33(31(20-37-41)34(42)44-5)30-19-29(30)32-21-40(39-38-32)22-45-35(43)36(2,3)4/h9-10,13-18,20-21,23-24,29-30H,6-8,11-12,19,22H2,1-5H3/t23-,29+,30+/m0/s1. The van der Waals surface area contributed by atoms with Gasteiger partial charge in [0.2, 0.25) is 0 Å². The average Bonchev–Trinajstić information content (AvgIpc) is 3.48. The normalized spacial score (nSPS) is 19.0. The summed E-state index contributed by atoms with van der Waals surface area (Å²) in [4.78, 5) is 25.0. The molecule has 0 radical (unpaired) electrons. The molecule has 46 heavy (non-hydrogen) atoms. The lowest BCUT2D eigenvalue weighted by Gasteiger charge is -2.28. The van der Waals surface area contributed by atoms with Crippen molar-refractivity contribution in [2.45, 2.75) is 90.9 Å². The molecular weight excluding hydrogens is 582 g/mol. The highest BCUT2D eigenvalue weighted by molar-refractivity contribution is 5.91. The molecule has 4 aromatic rings. The Morgan fingerprint density at radius 1 is 1.00 bits per heavy atom. The molecule has 0 unspecified atom stereocenters. The van der Waals surface area contributed by atoms with Crippen LogP contribution in [0.4, 0.5) is 0 Å². The van der Waals surface area contributed by atoms with Crippen LogP contribution in [-0.4, -0.2) is 49.9 Å². The van der Waals surface area contributed by atoms with Crippen molar-refractivity contribution in [1.29, 1.82) is 0 Å². The van der Waals surface area contributed by atoms with Crippen molar-refractivity contribution in [3.05, 3.63) is 77.9 Å². The molecule has 0 bridgehead atoms. The minimum Gasteiger partial charge on any atom is -0.490 e. The quantitative estimate of drug-likeness (QED) is 0.172. The fraction of sp³-hybridized carbons (Fsp3) is 0.472. The first-order valence-electron chi connectivity index (χ1n) is 16.2. The molecule has 2 aromatic heterocycles. The maximum absolute atomic E-state index is 12.8. The molecule has 2 aliphatic rings. The first-order valence-corrected chi connectivity index (χ1v) is 16.2. The van der Waals surface area contributed by atoms with Gasteiger partial charge in [0.15, 0.2) is 6.73 Å². The summed E-state index contributed by atoms with van der Waals surface area (Å²) in [6.45, 7) is 7.59. The van der Waals surface area contributed by atoms with E-state index in [4.69, 9.17) is 14.2 Å². The van der Waals surface area contributed by atoms with Gasteiger partial charge in [-0.1, -0.05) is 48.7 Å². The Labute approximate surface area is 270 Å². The number of esters is 2. The molecule has 2 saturated carbocycles. The van der Waals surface area contributed by atoms with Crippen LogP contribution in [-0.2, 0) is 21.0 Å². The van der Waals surface area contributed by atoms with E-state index in [9.17, 15) is 9.59 Å². The second-order valence-electron chi connectivity index (χ2n) is 13.6. The first kappa shape index (κ1) is 31.5. The first-order chi connectivity index (χ1) is 22.1. The van der Waals surface area contributed by atoms with Crippen LogP contribution in [0.2, 0.25) is 0 Å². The van der Waals surface area contributed by atoms with E-state index in [1.165, 1.54) is 43.9 Å². The summed E-state index contributed by atoms with van der Waals surface area (Å²) in [7, 11) is 1.38. The van der Waals surface area contributed by atoms with E-state index >= 15 is 0 Å². The summed E-state index contributed by atoms with van der Waals surface area (Å²) >= 11 is 0. The summed E-state index contributed by atoms with van der Waals surface area (Å²) in [5, 5.41) is 13.2. The molecule has 242 valence electrons. The molecule has 0 aliphatic heterocycles. The Bertz CT molecular complexity index is 1700. The number of methoxy groups -OCH3 is 1. The van der Waals surface area contributed by atoms with Crippen molar-refractivity contribution in [1.82, 2.24) is 24.8 Å². The zero-order chi connectivity index (χ0) is 32.4. The van der Waals surface area contributed by atoms with E-state index in [-0.39, 0.29) is 30.6 Å². The fourth-order valence-corrected chi connectivity index (χ4v) is 6.38. The van der Waals surface area contributed by atoms with Crippen molar-refractivity contribution >= 4 is 11.9 Å². The number of aromatic nitrogens is 5. The lowest BCUT2D eigenvalue weighted by atomic mass is 9.86. The SMILES string of the molecule is COC(=O)c1cnn(-c2cccc(-c3cccc(O[C@@H](C)C4CCCCC4)c3)c2)c1[C@@H]1C[C@H]1c1cn(COC(=O)C(C)(C)C)nn1. The van der Waals surface area contributed by atoms with Crippen LogP contribution in [0, 0.1) is 11.3 Å². The van der Waals surface area contributed by atoms with Gasteiger partial charge in [-0.3, -0.25) is 4.79 Å². The highest BCUT2D eigenvalue weighted by Crippen LogP contribution is 2.55. The number of rotatable bonds is 10. The smallest absolute Gasteiger partial charge is 0.341 e. The molecule has 2 heterocycles. The van der Waals surface area contributed by atoms with Gasteiger partial charge in [-0.25, -0.2) is 14.2 Å². The number of carbonyl (C=O) groups excluding carboxylic acids is 2. The largest absolute Gasteiger partial charge is 0.490 e. The third-order valence-corrected chi connectivity index (χ3v) is 9.12. The molecule has 3 atom stereocenters. The Balaban J connectivity index is 1.22. The Kier molecular flexibility index (Phi) is 8.97. The molecule has 2 aliphatic carbocycles. The van der Waals surface area contributed by atoms with Gasteiger partial charge >= 0.3 is 11.9 Å². The lowest BCUT2D eigenvalue weighted by Crippen LogP contribution is -2.25. The molecule has 6 rings (SSSR count). The number of nitrogens with zero attached hydrogens (tertiary/aromatic N) is 5. The van der Waals surface area contributed by atoms with Crippen LogP contribution >= 0.6 is 0 Å². The van der Waals surface area contributed by atoms with Crippen molar-refractivity contribution in [2.24, 2.45) is 11.3 Å².